The molecule has 1 aromatic carbocycles. The number of aliphatic hydroxyl groups is 1. The van der Waals surface area contributed by atoms with Gasteiger partial charge in [0.15, 0.2) is 6.10 Å². The number of ether oxygens (including phenoxy) is 1. The molecular formula is C13H14F5NO2. The smallest absolute Gasteiger partial charge is 0.457 e. The molecule has 1 rings (SSSR count). The molecule has 1 atom stereocenters. The van der Waals surface area contributed by atoms with Crippen LogP contribution in [0, 0.1) is 11.3 Å². The summed E-state index contributed by atoms with van der Waals surface area (Å²) in [6.07, 6.45) is -8.02. The lowest BCUT2D eigenvalue weighted by Gasteiger charge is -2.26. The van der Waals surface area contributed by atoms with Gasteiger partial charge in [0.05, 0.1) is 11.6 Å². The summed E-state index contributed by atoms with van der Waals surface area (Å²) in [7, 11) is 0. The van der Waals surface area contributed by atoms with Gasteiger partial charge >= 0.3 is 12.1 Å². The SMILES string of the molecule is CC(Oc1ccc(C#N)cc1)C(F)(F)C(F)(F)F.CCO. The Morgan fingerprint density at radius 3 is 1.95 bits per heavy atom. The molecule has 0 aromatic heterocycles. The predicted molar refractivity (Wildman–Crippen MR) is 65.0 cm³/mol. The highest BCUT2D eigenvalue weighted by Crippen LogP contribution is 2.39. The van der Waals surface area contributed by atoms with Crippen LogP contribution in [0.5, 0.6) is 5.75 Å². The van der Waals surface area contributed by atoms with Gasteiger partial charge < -0.3 is 9.84 Å². The van der Waals surface area contributed by atoms with Crippen LogP contribution in [0.3, 0.4) is 0 Å². The monoisotopic (exact) mass is 311 g/mol. The third-order valence-corrected chi connectivity index (χ3v) is 2.18. The van der Waals surface area contributed by atoms with Gasteiger partial charge in [-0.15, -0.1) is 0 Å². The molecular weight excluding hydrogens is 297 g/mol. The van der Waals surface area contributed by atoms with Gasteiger partial charge in [-0.2, -0.15) is 27.2 Å². The summed E-state index contributed by atoms with van der Waals surface area (Å²) in [6, 6.07) is 6.60. The van der Waals surface area contributed by atoms with E-state index in [1.807, 2.05) is 0 Å². The van der Waals surface area contributed by atoms with Crippen LogP contribution < -0.4 is 4.74 Å². The van der Waals surface area contributed by atoms with Gasteiger partial charge in [0.1, 0.15) is 5.75 Å². The van der Waals surface area contributed by atoms with E-state index in [0.29, 0.717) is 6.92 Å². The Labute approximate surface area is 118 Å². The summed E-state index contributed by atoms with van der Waals surface area (Å²) in [6.45, 7) is 2.56. The van der Waals surface area contributed by atoms with Crippen molar-refractivity contribution in [1.82, 2.24) is 0 Å². The third kappa shape index (κ3) is 5.55. The molecule has 0 radical (unpaired) electrons. The van der Waals surface area contributed by atoms with E-state index in [1.165, 1.54) is 12.1 Å². The molecule has 0 aliphatic heterocycles. The lowest BCUT2D eigenvalue weighted by atomic mass is 10.2. The van der Waals surface area contributed by atoms with Gasteiger partial charge in [-0.3, -0.25) is 0 Å². The minimum Gasteiger partial charge on any atom is -0.484 e. The van der Waals surface area contributed by atoms with Crippen molar-refractivity contribution < 1.29 is 31.8 Å². The maximum atomic E-state index is 12.9. The first-order valence-electron chi connectivity index (χ1n) is 5.82. The van der Waals surface area contributed by atoms with Crippen LogP contribution in [0.15, 0.2) is 24.3 Å². The molecule has 0 fully saturated rings. The van der Waals surface area contributed by atoms with Crippen molar-refractivity contribution in [1.29, 1.82) is 5.26 Å². The number of hydrogen-bond donors (Lipinski definition) is 1. The Morgan fingerprint density at radius 2 is 1.62 bits per heavy atom. The number of aliphatic hydroxyl groups excluding tert-OH is 1. The van der Waals surface area contributed by atoms with E-state index in [9.17, 15) is 22.0 Å². The van der Waals surface area contributed by atoms with Gasteiger partial charge in [-0.05, 0) is 38.1 Å². The van der Waals surface area contributed by atoms with Crippen molar-refractivity contribution in [3.8, 4) is 11.8 Å². The average Bonchev–Trinajstić information content (AvgIpc) is 2.39. The van der Waals surface area contributed by atoms with E-state index < -0.39 is 18.2 Å². The fraction of sp³-hybridized carbons (Fsp3) is 0.462. The Balaban J connectivity index is 0.00000122. The zero-order chi connectivity index (χ0) is 16.7. The summed E-state index contributed by atoms with van der Waals surface area (Å²) in [4.78, 5) is 0. The van der Waals surface area contributed by atoms with Crippen LogP contribution in [0.4, 0.5) is 22.0 Å². The molecule has 0 bridgehead atoms. The minimum atomic E-state index is -5.67. The molecule has 8 heteroatoms. The molecule has 0 aliphatic rings. The molecule has 1 aromatic rings. The Hall–Kier alpha value is -1.88. The van der Waals surface area contributed by atoms with Crippen LogP contribution in [0.25, 0.3) is 0 Å². The average molecular weight is 311 g/mol. The fourth-order valence-corrected chi connectivity index (χ4v) is 1.12. The van der Waals surface area contributed by atoms with Crippen LogP contribution in [0.2, 0.25) is 0 Å². The van der Waals surface area contributed by atoms with E-state index >= 15 is 0 Å². The van der Waals surface area contributed by atoms with E-state index in [0.717, 1.165) is 12.1 Å². The molecule has 0 saturated carbocycles. The quantitative estimate of drug-likeness (QED) is 0.869. The lowest BCUT2D eigenvalue weighted by molar-refractivity contribution is -0.306. The summed E-state index contributed by atoms with van der Waals surface area (Å²) >= 11 is 0. The second kappa shape index (κ2) is 7.78. The molecule has 1 N–H and O–H groups in total. The predicted octanol–water partition coefficient (Wildman–Crippen LogP) is 3.52. The van der Waals surface area contributed by atoms with Crippen molar-refractivity contribution in [2.24, 2.45) is 0 Å². The molecule has 0 amide bonds. The maximum Gasteiger partial charge on any atom is 0.457 e. The second-order valence-electron chi connectivity index (χ2n) is 3.83. The molecule has 0 aliphatic carbocycles. The lowest BCUT2D eigenvalue weighted by Crippen LogP contribution is -2.48. The van der Waals surface area contributed by atoms with Gasteiger partial charge in [0.2, 0.25) is 0 Å². The highest BCUT2D eigenvalue weighted by molar-refractivity contribution is 5.34. The Morgan fingerprint density at radius 1 is 1.19 bits per heavy atom. The van der Waals surface area contributed by atoms with Crippen molar-refractivity contribution in [2.75, 3.05) is 6.61 Å². The number of nitriles is 1. The normalized spacial score (nSPS) is 12.7. The third-order valence-electron chi connectivity index (χ3n) is 2.18. The zero-order valence-corrected chi connectivity index (χ0v) is 11.3. The Bertz CT molecular complexity index is 465. The first kappa shape index (κ1) is 19.1. The molecule has 1 unspecified atom stereocenters. The standard InChI is InChI=1S/C11H8F5NO.C2H6O/c1-7(10(12,13)11(14,15)16)18-9-4-2-8(6-17)3-5-9;1-2-3/h2-5,7H,1H3;3H,2H2,1H3. The number of alkyl halides is 5. The molecule has 0 heterocycles. The van der Waals surface area contributed by atoms with Crippen LogP contribution >= 0.6 is 0 Å². The number of benzene rings is 1. The highest BCUT2D eigenvalue weighted by Gasteiger charge is 2.62. The van der Waals surface area contributed by atoms with E-state index in [1.54, 1.807) is 13.0 Å². The van der Waals surface area contributed by atoms with Crippen molar-refractivity contribution >= 4 is 0 Å². The van der Waals surface area contributed by atoms with Gasteiger partial charge in [-0.1, -0.05) is 0 Å². The molecule has 0 saturated heterocycles. The second-order valence-corrected chi connectivity index (χ2v) is 3.83. The molecule has 118 valence electrons. The van der Waals surface area contributed by atoms with Crippen LogP contribution in [-0.4, -0.2) is 29.9 Å². The van der Waals surface area contributed by atoms with E-state index in [2.05, 4.69) is 4.74 Å². The fourth-order valence-electron chi connectivity index (χ4n) is 1.12. The van der Waals surface area contributed by atoms with E-state index in [4.69, 9.17) is 10.4 Å². The first-order valence-corrected chi connectivity index (χ1v) is 5.82. The maximum absolute atomic E-state index is 12.9. The van der Waals surface area contributed by atoms with Gasteiger partial charge in [-0.25, -0.2) is 0 Å². The molecule has 0 spiro atoms. The Kier molecular flexibility index (Phi) is 7.09. The molecule has 3 nitrogen and oxygen atoms in total. The number of rotatable bonds is 3. The van der Waals surface area contributed by atoms with Gasteiger partial charge in [0.25, 0.3) is 0 Å². The van der Waals surface area contributed by atoms with Crippen LogP contribution in [-0.2, 0) is 0 Å². The largest absolute Gasteiger partial charge is 0.484 e. The van der Waals surface area contributed by atoms with Crippen molar-refractivity contribution in [3.63, 3.8) is 0 Å². The summed E-state index contributed by atoms with van der Waals surface area (Å²) in [5, 5.41) is 16.1. The molecule has 21 heavy (non-hydrogen) atoms. The number of nitrogens with zero attached hydrogens (tertiary/aromatic N) is 1. The van der Waals surface area contributed by atoms with Crippen LogP contribution in [0.1, 0.15) is 19.4 Å². The van der Waals surface area contributed by atoms with Crippen molar-refractivity contribution in [2.45, 2.75) is 32.1 Å². The first-order chi connectivity index (χ1) is 9.60. The number of hydrogen-bond acceptors (Lipinski definition) is 3. The zero-order valence-electron chi connectivity index (χ0n) is 11.3. The van der Waals surface area contributed by atoms with Gasteiger partial charge in [0, 0.05) is 6.61 Å². The topological polar surface area (TPSA) is 53.2 Å². The van der Waals surface area contributed by atoms with Crippen molar-refractivity contribution in [3.05, 3.63) is 29.8 Å². The summed E-state index contributed by atoms with van der Waals surface area (Å²) < 4.78 is 66.3. The number of halogens is 5. The highest BCUT2D eigenvalue weighted by atomic mass is 19.4. The van der Waals surface area contributed by atoms with E-state index in [-0.39, 0.29) is 17.9 Å². The summed E-state index contributed by atoms with van der Waals surface area (Å²) in [5.41, 5.74) is 0.248. The summed E-state index contributed by atoms with van der Waals surface area (Å²) in [5.74, 6) is -5.11. The minimum absolute atomic E-state index is 0.162.